The molecule has 8 aromatic rings. The summed E-state index contributed by atoms with van der Waals surface area (Å²) in [7, 11) is 8.60. The minimum atomic E-state index is -0.842. The number of esters is 4. The second-order valence-electron chi connectivity index (χ2n) is 16.4. The van der Waals surface area contributed by atoms with Gasteiger partial charge in [-0.05, 0) is 83.9 Å². The molecule has 0 spiro atoms. The van der Waals surface area contributed by atoms with E-state index >= 15 is 0 Å². The van der Waals surface area contributed by atoms with E-state index in [-0.39, 0.29) is 79.2 Å². The first kappa shape index (κ1) is 80.0. The van der Waals surface area contributed by atoms with Gasteiger partial charge in [0.25, 0.3) is 0 Å². The van der Waals surface area contributed by atoms with E-state index < -0.39 is 46.9 Å². The molecular weight excluding hydrogens is 1250 g/mol. The van der Waals surface area contributed by atoms with Crippen molar-refractivity contribution in [2.75, 3.05) is 56.9 Å². The molecule has 0 aliphatic carbocycles. The van der Waals surface area contributed by atoms with Crippen molar-refractivity contribution in [3.05, 3.63) is 167 Å². The van der Waals surface area contributed by atoms with Crippen molar-refractivity contribution in [2.45, 2.75) is 27.7 Å². The molecule has 0 fully saturated rings. The van der Waals surface area contributed by atoms with Crippen molar-refractivity contribution in [1.82, 2.24) is 29.9 Å². The third-order valence-corrected chi connectivity index (χ3v) is 11.0. The van der Waals surface area contributed by atoms with Crippen LogP contribution < -0.4 is 20.4 Å². The SMILES string of the molecule is CO.CO.CO.CO.COC(=O)/C(C=Nc1cc2nc3ccccc3nc2cc1N=C/C(C(=O)OC)=C(/C)[O-])=C(\C)[O-].COC(=O)/C(C=Nc1cc2nc3ccccc3nc2cc1N=C/C(C(=O)OC)=C(/C)[O-])=C(\C)[O-].[Fe+2].[Fe+2].c1cc(-c2ccncc2)ccn1. The largest absolute Gasteiger partial charge is 2.00 e. The summed E-state index contributed by atoms with van der Waals surface area (Å²) in [6.07, 6.45) is 11.4. The normalized spacial score (nSPS) is 11.6. The zero-order chi connectivity index (χ0) is 65.9. The van der Waals surface area contributed by atoms with Crippen molar-refractivity contribution >= 4 is 116 Å². The van der Waals surface area contributed by atoms with Gasteiger partial charge in [0, 0.05) is 78.1 Å². The quantitative estimate of drug-likeness (QED) is 0.0239. The predicted octanol–water partition coefficient (Wildman–Crippen LogP) is 4.18. The van der Waals surface area contributed by atoms with Crippen molar-refractivity contribution in [2.24, 2.45) is 20.0 Å². The Morgan fingerprint density at radius 1 is 0.356 bits per heavy atom. The molecule has 4 aromatic heterocycles. The monoisotopic (exact) mass is 1320 g/mol. The maximum Gasteiger partial charge on any atom is 2.00 e. The van der Waals surface area contributed by atoms with Gasteiger partial charge < -0.3 is 59.8 Å². The number of pyridine rings is 2. The van der Waals surface area contributed by atoms with Crippen molar-refractivity contribution in [3.8, 4) is 11.1 Å². The number of nitrogens with zero attached hydrogens (tertiary/aromatic N) is 10. The van der Waals surface area contributed by atoms with Crippen LogP contribution in [0.15, 0.2) is 187 Å². The third-order valence-electron chi connectivity index (χ3n) is 11.0. The van der Waals surface area contributed by atoms with E-state index in [9.17, 15) is 39.6 Å². The number of aliphatic imine (C=N–C) groups is 4. The maximum atomic E-state index is 11.9. The van der Waals surface area contributed by atoms with Crippen LogP contribution in [-0.4, -0.2) is 156 Å². The second-order valence-corrected chi connectivity index (χ2v) is 16.4. The molecule has 0 saturated heterocycles. The average Bonchev–Trinajstić information content (AvgIpc) is 0.848. The zero-order valence-corrected chi connectivity index (χ0v) is 52.9. The average molecular weight is 1320 g/mol. The van der Waals surface area contributed by atoms with E-state index in [2.05, 4.69) is 68.8 Å². The smallest absolute Gasteiger partial charge is 0.875 e. The molecule has 4 heterocycles. The van der Waals surface area contributed by atoms with Gasteiger partial charge in [-0.1, -0.05) is 52.0 Å². The number of benzene rings is 4. The number of methoxy groups -OCH3 is 4. The minimum Gasteiger partial charge on any atom is -0.875 e. The van der Waals surface area contributed by atoms with Crippen LogP contribution in [0.3, 0.4) is 0 Å². The van der Waals surface area contributed by atoms with Gasteiger partial charge in [-0.25, -0.2) is 39.1 Å². The third kappa shape index (κ3) is 23.6. The van der Waals surface area contributed by atoms with Crippen LogP contribution >= 0.6 is 0 Å². The molecule has 4 aromatic carbocycles. The molecule has 90 heavy (non-hydrogen) atoms. The molecule has 474 valence electrons. The fourth-order valence-corrected chi connectivity index (χ4v) is 6.92. The Morgan fingerprint density at radius 2 is 0.544 bits per heavy atom. The van der Waals surface area contributed by atoms with E-state index in [1.54, 1.807) is 73.3 Å². The van der Waals surface area contributed by atoms with Crippen LogP contribution in [0.4, 0.5) is 22.7 Å². The first-order valence-electron chi connectivity index (χ1n) is 25.5. The van der Waals surface area contributed by atoms with Crippen LogP contribution in [0.5, 0.6) is 0 Å². The van der Waals surface area contributed by atoms with E-state index in [1.807, 2.05) is 48.5 Å². The standard InChI is InChI=1S/2C24H22N4O6.C10H8N2.4CH4O.2Fe/c2*1-13(29)15(23(31)33-3)11-25-19-9-21-22(28-18-8-6-5-7-17(18)27-21)10-20(19)26-12-16(14(2)30)24(32)34-4;1-5-11-6-2-9(1)10-3-7-12-8-4-10;4*1-2;;/h2*5-12,29-30H,1-4H3;1-8H;4*2H,1H3;;/q;;;;;;;2*+2/p-4/b2*15-13+,16-14+,25-11?,26-12?;;;;;;;. The zero-order valence-electron chi connectivity index (χ0n) is 50.7. The number of ether oxygens (including phenoxy) is 4. The van der Waals surface area contributed by atoms with Crippen LogP contribution in [0, 0.1) is 0 Å². The van der Waals surface area contributed by atoms with E-state index in [0.717, 1.165) is 81.7 Å². The van der Waals surface area contributed by atoms with Crippen molar-refractivity contribution in [3.63, 3.8) is 0 Å². The summed E-state index contributed by atoms with van der Waals surface area (Å²) in [5, 5.41) is 75.3. The number of hydrogen-bond acceptors (Lipinski definition) is 26. The molecule has 0 aliphatic rings. The molecule has 0 saturated carbocycles. The molecule has 4 N–H and O–H groups in total. The molecule has 8 rings (SSSR count). The van der Waals surface area contributed by atoms with Gasteiger partial charge in [0.05, 0.1) is 118 Å². The van der Waals surface area contributed by atoms with Gasteiger partial charge in [0.1, 0.15) is 0 Å². The fourth-order valence-electron chi connectivity index (χ4n) is 6.92. The number of carbonyl (C=O) groups excluding carboxylic acids is 4. The summed E-state index contributed by atoms with van der Waals surface area (Å²) in [5.74, 6) is -5.52. The summed E-state index contributed by atoms with van der Waals surface area (Å²) >= 11 is 0. The predicted molar refractivity (Wildman–Crippen MR) is 326 cm³/mol. The van der Waals surface area contributed by atoms with Gasteiger partial charge in [-0.2, -0.15) is 0 Å². The molecule has 28 heteroatoms. The Hall–Kier alpha value is -10.0. The molecule has 0 unspecified atom stereocenters. The topological polar surface area (TPSA) is 405 Å². The maximum absolute atomic E-state index is 11.9. The van der Waals surface area contributed by atoms with Crippen LogP contribution in [0.2, 0.25) is 0 Å². The number of rotatable bonds is 13. The Kier molecular flexibility index (Phi) is 38.0. The summed E-state index contributed by atoms with van der Waals surface area (Å²) < 4.78 is 18.5. The first-order chi connectivity index (χ1) is 42.5. The summed E-state index contributed by atoms with van der Waals surface area (Å²) in [6.45, 7) is 4.83. The molecule has 0 aliphatic heterocycles. The molecule has 0 amide bonds. The number of allylic oxidation sites excluding steroid dienone is 4. The fraction of sp³-hybridized carbons (Fsp3) is 0.194. The van der Waals surface area contributed by atoms with Crippen molar-refractivity contribution in [1.29, 1.82) is 0 Å². The first-order valence-corrected chi connectivity index (χ1v) is 25.5. The van der Waals surface area contributed by atoms with Gasteiger partial charge >= 0.3 is 58.0 Å². The number of aromatic nitrogens is 6. The molecular formula is C62H64Fe2N10O16. The number of aliphatic hydroxyl groups excluding tert-OH is 4. The van der Waals surface area contributed by atoms with Crippen molar-refractivity contribution < 1.29 is 113 Å². The Bertz CT molecular complexity index is 3440. The van der Waals surface area contributed by atoms with Gasteiger partial charge in [0.2, 0.25) is 0 Å². The van der Waals surface area contributed by atoms with Gasteiger partial charge in [-0.3, -0.25) is 29.9 Å². The molecule has 0 atom stereocenters. The van der Waals surface area contributed by atoms with Crippen LogP contribution in [0.1, 0.15) is 27.7 Å². The number of carbonyl (C=O) groups is 4. The van der Waals surface area contributed by atoms with E-state index in [4.69, 9.17) is 20.4 Å². The summed E-state index contributed by atoms with van der Waals surface area (Å²) in [4.78, 5) is 90.8. The van der Waals surface area contributed by atoms with Gasteiger partial charge in [-0.15, -0.1) is 23.0 Å². The minimum absolute atomic E-state index is 0. The summed E-state index contributed by atoms with van der Waals surface area (Å²) in [5.41, 5.74) is 6.67. The summed E-state index contributed by atoms with van der Waals surface area (Å²) in [6, 6.07) is 28.7. The number of aliphatic hydroxyl groups is 4. The molecule has 26 nitrogen and oxygen atoms in total. The number of para-hydroxylation sites is 4. The molecule has 0 bridgehead atoms. The second kappa shape index (κ2) is 42.8. The van der Waals surface area contributed by atoms with Crippen LogP contribution in [0.25, 0.3) is 55.3 Å². The molecule has 0 radical (unpaired) electrons. The van der Waals surface area contributed by atoms with Crippen LogP contribution in [-0.2, 0) is 72.3 Å². The number of fused-ring (bicyclic) bond motifs is 4. The van der Waals surface area contributed by atoms with Gasteiger partial charge in [0.15, 0.2) is 0 Å². The van der Waals surface area contributed by atoms with E-state index in [0.29, 0.717) is 44.1 Å². The number of hydrogen-bond donors (Lipinski definition) is 4. The Morgan fingerprint density at radius 3 is 0.711 bits per heavy atom. The van der Waals surface area contributed by atoms with E-state index in [1.165, 1.54) is 38.8 Å². The Labute approximate surface area is 538 Å². The Balaban J connectivity index is 0.00000133.